The van der Waals surface area contributed by atoms with Crippen LogP contribution in [0.15, 0.2) is 18.2 Å². The predicted octanol–water partition coefficient (Wildman–Crippen LogP) is 2.53. The third-order valence-corrected chi connectivity index (χ3v) is 4.11. The molecule has 1 aliphatic rings. The Labute approximate surface area is 115 Å². The lowest BCUT2D eigenvalue weighted by atomic mass is 9.85. The van der Waals surface area contributed by atoms with E-state index in [1.807, 2.05) is 26.1 Å². The molecule has 0 spiro atoms. The number of ether oxygens (including phenoxy) is 3. The second kappa shape index (κ2) is 5.39. The fourth-order valence-corrected chi connectivity index (χ4v) is 2.58. The van der Waals surface area contributed by atoms with E-state index in [4.69, 9.17) is 14.2 Å². The molecule has 3 unspecified atom stereocenters. The summed E-state index contributed by atoms with van der Waals surface area (Å²) in [5.41, 5.74) is 0.825. The summed E-state index contributed by atoms with van der Waals surface area (Å²) >= 11 is 0. The quantitative estimate of drug-likeness (QED) is 0.908. The van der Waals surface area contributed by atoms with E-state index < -0.39 is 0 Å². The summed E-state index contributed by atoms with van der Waals surface area (Å²) in [5, 5.41) is 3.36. The molecule has 1 aromatic rings. The Bertz CT molecular complexity index is 449. The molecule has 19 heavy (non-hydrogen) atoms. The number of benzene rings is 1. The fourth-order valence-electron chi connectivity index (χ4n) is 2.58. The fraction of sp³-hybridized carbons (Fsp3) is 0.600. The van der Waals surface area contributed by atoms with E-state index in [2.05, 4.69) is 18.3 Å². The molecule has 3 atom stereocenters. The summed E-state index contributed by atoms with van der Waals surface area (Å²) in [6.07, 6.45) is 0.889. The van der Waals surface area contributed by atoms with E-state index in [1.165, 1.54) is 5.56 Å². The van der Waals surface area contributed by atoms with E-state index >= 15 is 0 Å². The lowest BCUT2D eigenvalue weighted by Gasteiger charge is -2.42. The Hall–Kier alpha value is -1.26. The standard InChI is InChI=1S/C15H23NO3/c1-10(17-4)15(2)9-13(16-3)12-7-6-11(18-5)8-14(12)19-15/h6-8,10,13,16H,9H2,1-5H3. The summed E-state index contributed by atoms with van der Waals surface area (Å²) in [4.78, 5) is 0. The van der Waals surface area contributed by atoms with E-state index in [-0.39, 0.29) is 17.7 Å². The van der Waals surface area contributed by atoms with Gasteiger partial charge in [-0.2, -0.15) is 0 Å². The zero-order chi connectivity index (χ0) is 14.0. The monoisotopic (exact) mass is 265 g/mol. The van der Waals surface area contributed by atoms with Crippen LogP contribution in [0.4, 0.5) is 0 Å². The first-order valence-corrected chi connectivity index (χ1v) is 6.61. The van der Waals surface area contributed by atoms with Crippen molar-refractivity contribution in [2.45, 2.75) is 38.0 Å². The van der Waals surface area contributed by atoms with Crippen molar-refractivity contribution in [2.75, 3.05) is 21.3 Å². The molecule has 1 heterocycles. The number of rotatable bonds is 4. The van der Waals surface area contributed by atoms with Crippen LogP contribution in [0.1, 0.15) is 31.9 Å². The van der Waals surface area contributed by atoms with Crippen molar-refractivity contribution in [1.29, 1.82) is 0 Å². The highest BCUT2D eigenvalue weighted by Crippen LogP contribution is 2.42. The SMILES string of the molecule is CNC1CC(C)(C(C)OC)Oc2cc(OC)ccc21. The van der Waals surface area contributed by atoms with Gasteiger partial charge in [0.15, 0.2) is 0 Å². The molecule has 0 saturated heterocycles. The minimum atomic E-state index is -0.345. The molecule has 0 radical (unpaired) electrons. The summed E-state index contributed by atoms with van der Waals surface area (Å²) in [5.74, 6) is 1.68. The molecule has 0 bridgehead atoms. The molecular formula is C15H23NO3. The van der Waals surface area contributed by atoms with Crippen molar-refractivity contribution in [3.05, 3.63) is 23.8 Å². The molecule has 0 amide bonds. The number of fused-ring (bicyclic) bond motifs is 1. The van der Waals surface area contributed by atoms with Crippen molar-refractivity contribution in [3.8, 4) is 11.5 Å². The van der Waals surface area contributed by atoms with Crippen molar-refractivity contribution >= 4 is 0 Å². The third-order valence-electron chi connectivity index (χ3n) is 4.11. The molecule has 2 rings (SSSR count). The third kappa shape index (κ3) is 2.55. The molecule has 4 nitrogen and oxygen atoms in total. The zero-order valence-electron chi connectivity index (χ0n) is 12.3. The second-order valence-corrected chi connectivity index (χ2v) is 5.24. The Morgan fingerprint density at radius 2 is 2.16 bits per heavy atom. The number of hydrogen-bond acceptors (Lipinski definition) is 4. The average molecular weight is 265 g/mol. The van der Waals surface area contributed by atoms with Gasteiger partial charge in [0.2, 0.25) is 0 Å². The maximum absolute atomic E-state index is 6.20. The minimum Gasteiger partial charge on any atom is -0.497 e. The van der Waals surface area contributed by atoms with Crippen LogP contribution in [0.2, 0.25) is 0 Å². The maximum Gasteiger partial charge on any atom is 0.134 e. The van der Waals surface area contributed by atoms with Crippen LogP contribution in [0.5, 0.6) is 11.5 Å². The van der Waals surface area contributed by atoms with Gasteiger partial charge in [0.1, 0.15) is 17.1 Å². The van der Waals surface area contributed by atoms with Crippen molar-refractivity contribution in [1.82, 2.24) is 5.32 Å². The number of methoxy groups -OCH3 is 2. The van der Waals surface area contributed by atoms with Gasteiger partial charge >= 0.3 is 0 Å². The lowest BCUT2D eigenvalue weighted by molar-refractivity contribution is -0.0728. The van der Waals surface area contributed by atoms with E-state index in [1.54, 1.807) is 14.2 Å². The van der Waals surface area contributed by atoms with Crippen LogP contribution in [-0.4, -0.2) is 33.0 Å². The Kier molecular flexibility index (Phi) is 4.02. The highest BCUT2D eigenvalue weighted by molar-refractivity contribution is 5.44. The maximum atomic E-state index is 6.20. The molecule has 1 N–H and O–H groups in total. The highest BCUT2D eigenvalue weighted by atomic mass is 16.5. The van der Waals surface area contributed by atoms with Gasteiger partial charge in [0.25, 0.3) is 0 Å². The van der Waals surface area contributed by atoms with Crippen molar-refractivity contribution < 1.29 is 14.2 Å². The smallest absolute Gasteiger partial charge is 0.134 e. The van der Waals surface area contributed by atoms with Gasteiger partial charge in [-0.1, -0.05) is 6.07 Å². The number of nitrogens with one attached hydrogen (secondary N) is 1. The topological polar surface area (TPSA) is 39.7 Å². The zero-order valence-corrected chi connectivity index (χ0v) is 12.3. The largest absolute Gasteiger partial charge is 0.497 e. The van der Waals surface area contributed by atoms with Crippen LogP contribution >= 0.6 is 0 Å². The van der Waals surface area contributed by atoms with Gasteiger partial charge in [-0.05, 0) is 27.0 Å². The Morgan fingerprint density at radius 3 is 2.74 bits per heavy atom. The van der Waals surface area contributed by atoms with Gasteiger partial charge in [-0.15, -0.1) is 0 Å². The molecule has 106 valence electrons. The molecule has 0 aliphatic carbocycles. The van der Waals surface area contributed by atoms with Crippen LogP contribution in [0, 0.1) is 0 Å². The first kappa shape index (κ1) is 14.2. The molecule has 0 saturated carbocycles. The summed E-state index contributed by atoms with van der Waals surface area (Å²) in [6, 6.07) is 6.23. The van der Waals surface area contributed by atoms with Gasteiger partial charge in [0.05, 0.1) is 13.2 Å². The first-order valence-electron chi connectivity index (χ1n) is 6.61. The summed E-state index contributed by atoms with van der Waals surface area (Å²) in [6.45, 7) is 4.13. The molecule has 1 aliphatic heterocycles. The van der Waals surface area contributed by atoms with Crippen molar-refractivity contribution in [3.63, 3.8) is 0 Å². The molecule has 1 aromatic carbocycles. The van der Waals surface area contributed by atoms with Crippen LogP contribution in [0.25, 0.3) is 0 Å². The molecule has 4 heteroatoms. The Balaban J connectivity index is 2.40. The summed E-state index contributed by atoms with van der Waals surface area (Å²) in [7, 11) is 5.35. The minimum absolute atomic E-state index is 0.0164. The van der Waals surface area contributed by atoms with E-state index in [9.17, 15) is 0 Å². The van der Waals surface area contributed by atoms with Gasteiger partial charge in [-0.25, -0.2) is 0 Å². The van der Waals surface area contributed by atoms with Gasteiger partial charge < -0.3 is 19.5 Å². The molecular weight excluding hydrogens is 242 g/mol. The van der Waals surface area contributed by atoms with Crippen LogP contribution < -0.4 is 14.8 Å². The van der Waals surface area contributed by atoms with Crippen molar-refractivity contribution in [2.24, 2.45) is 0 Å². The Morgan fingerprint density at radius 1 is 1.42 bits per heavy atom. The first-order chi connectivity index (χ1) is 9.04. The van der Waals surface area contributed by atoms with Gasteiger partial charge in [0, 0.05) is 31.2 Å². The van der Waals surface area contributed by atoms with Crippen LogP contribution in [0.3, 0.4) is 0 Å². The predicted molar refractivity (Wildman–Crippen MR) is 74.9 cm³/mol. The second-order valence-electron chi connectivity index (χ2n) is 5.24. The molecule has 0 aromatic heterocycles. The van der Waals surface area contributed by atoms with E-state index in [0.717, 1.165) is 17.9 Å². The average Bonchev–Trinajstić information content (AvgIpc) is 2.44. The number of hydrogen-bond donors (Lipinski definition) is 1. The normalized spacial score (nSPS) is 27.3. The van der Waals surface area contributed by atoms with Gasteiger partial charge in [-0.3, -0.25) is 0 Å². The van der Waals surface area contributed by atoms with E-state index in [0.29, 0.717) is 0 Å². The summed E-state index contributed by atoms with van der Waals surface area (Å²) < 4.78 is 16.9. The highest BCUT2D eigenvalue weighted by Gasteiger charge is 2.41. The van der Waals surface area contributed by atoms with Crippen LogP contribution in [-0.2, 0) is 4.74 Å². The lowest BCUT2D eigenvalue weighted by Crippen LogP contribution is -2.49. The molecule has 0 fully saturated rings.